The minimum atomic E-state index is -0.897. The molecule has 1 aromatic heterocycles. The Labute approximate surface area is 124 Å². The maximum absolute atomic E-state index is 12.5. The minimum absolute atomic E-state index is 0.0318. The average molecular weight is 300 g/mol. The van der Waals surface area contributed by atoms with Crippen LogP contribution in [0.4, 0.5) is 10.7 Å². The fourth-order valence-corrected chi connectivity index (χ4v) is 2.17. The third-order valence-corrected chi connectivity index (χ3v) is 3.49. The van der Waals surface area contributed by atoms with Crippen molar-refractivity contribution in [2.24, 2.45) is 0 Å². The molecule has 0 saturated carbocycles. The number of fused-ring (bicyclic) bond motifs is 1. The molecule has 2 heterocycles. The van der Waals surface area contributed by atoms with E-state index in [0.29, 0.717) is 11.0 Å². The molecular weight excluding hydrogens is 288 g/mol. The molecular formula is C15H12N2O5. The number of aryl methyl sites for hydroxylation is 2. The van der Waals surface area contributed by atoms with Crippen LogP contribution >= 0.6 is 0 Å². The molecule has 112 valence electrons. The predicted octanol–water partition coefficient (Wildman–Crippen LogP) is 1.60. The van der Waals surface area contributed by atoms with Crippen LogP contribution < -0.4 is 16.5 Å². The topological polar surface area (TPSA) is 112 Å². The number of benzene rings is 1. The number of nitrogens with two attached hydrogens (primary N) is 1. The third-order valence-electron chi connectivity index (χ3n) is 3.49. The lowest BCUT2D eigenvalue weighted by Crippen LogP contribution is -2.18. The number of ether oxygens (including phenoxy) is 1. The van der Waals surface area contributed by atoms with E-state index >= 15 is 0 Å². The van der Waals surface area contributed by atoms with E-state index in [1.165, 1.54) is 0 Å². The van der Waals surface area contributed by atoms with Gasteiger partial charge in [0.2, 0.25) is 11.3 Å². The van der Waals surface area contributed by atoms with Crippen molar-refractivity contribution in [3.05, 3.63) is 44.8 Å². The summed E-state index contributed by atoms with van der Waals surface area (Å²) in [6.45, 7) is 3.76. The molecule has 1 aliphatic rings. The molecule has 2 amide bonds. The molecule has 1 aromatic carbocycles. The summed E-state index contributed by atoms with van der Waals surface area (Å²) in [5, 5.41) is 2.28. The van der Waals surface area contributed by atoms with E-state index < -0.39 is 17.4 Å². The number of nitrogens with one attached hydrogen (secondary N) is 1. The predicted molar refractivity (Wildman–Crippen MR) is 79.0 cm³/mol. The van der Waals surface area contributed by atoms with Crippen molar-refractivity contribution in [3.8, 4) is 0 Å². The zero-order chi connectivity index (χ0) is 16.0. The van der Waals surface area contributed by atoms with Crippen molar-refractivity contribution in [2.45, 2.75) is 13.8 Å². The van der Waals surface area contributed by atoms with E-state index in [2.05, 4.69) is 4.74 Å². The number of carbonyl (C=O) groups excluding carboxylic acids is 2. The van der Waals surface area contributed by atoms with Crippen molar-refractivity contribution >= 4 is 34.9 Å². The second-order valence-electron chi connectivity index (χ2n) is 4.99. The molecule has 0 unspecified atom stereocenters. The lowest BCUT2D eigenvalue weighted by Gasteiger charge is -2.06. The van der Waals surface area contributed by atoms with Crippen LogP contribution in [0, 0.1) is 13.8 Å². The Morgan fingerprint density at radius 3 is 2.45 bits per heavy atom. The zero-order valence-corrected chi connectivity index (χ0v) is 11.9. The SMILES string of the molecule is Cc1cc2oc(N)c(C=C3OC(=O)NC3=O)c(=O)c2cc1C. The second-order valence-corrected chi connectivity index (χ2v) is 4.99. The standard InChI is InChI=1S/C15H12N2O5/c1-6-3-8-10(4-7(6)2)21-13(16)9(12(8)18)5-11-14(19)17-15(20)22-11/h3-5H,16H2,1-2H3,(H,17,19,20). The first-order chi connectivity index (χ1) is 10.4. The van der Waals surface area contributed by atoms with Crippen molar-refractivity contribution < 1.29 is 18.7 Å². The summed E-state index contributed by atoms with van der Waals surface area (Å²) in [7, 11) is 0. The van der Waals surface area contributed by atoms with Crippen molar-refractivity contribution in [3.63, 3.8) is 0 Å². The highest BCUT2D eigenvalue weighted by molar-refractivity contribution is 6.10. The Morgan fingerprint density at radius 1 is 1.14 bits per heavy atom. The molecule has 7 nitrogen and oxygen atoms in total. The first-order valence-corrected chi connectivity index (χ1v) is 6.45. The summed E-state index contributed by atoms with van der Waals surface area (Å²) in [4.78, 5) is 35.0. The summed E-state index contributed by atoms with van der Waals surface area (Å²) >= 11 is 0. The van der Waals surface area contributed by atoms with Gasteiger partial charge in [-0.1, -0.05) is 0 Å². The van der Waals surface area contributed by atoms with Gasteiger partial charge in [0.15, 0.2) is 5.76 Å². The van der Waals surface area contributed by atoms with Gasteiger partial charge in [0.25, 0.3) is 5.91 Å². The van der Waals surface area contributed by atoms with E-state index in [-0.39, 0.29) is 17.2 Å². The minimum Gasteiger partial charge on any atom is -0.440 e. The normalized spacial score (nSPS) is 16.2. The van der Waals surface area contributed by atoms with Gasteiger partial charge in [0, 0.05) is 6.08 Å². The third kappa shape index (κ3) is 2.12. The van der Waals surface area contributed by atoms with E-state index in [1.54, 1.807) is 12.1 Å². The number of rotatable bonds is 1. The van der Waals surface area contributed by atoms with Crippen LogP contribution in [0.5, 0.6) is 0 Å². The highest BCUT2D eigenvalue weighted by atomic mass is 16.6. The molecule has 1 saturated heterocycles. The van der Waals surface area contributed by atoms with Gasteiger partial charge in [-0.25, -0.2) is 4.79 Å². The molecule has 2 aromatic rings. The largest absolute Gasteiger partial charge is 0.440 e. The smallest absolute Gasteiger partial charge is 0.419 e. The van der Waals surface area contributed by atoms with Crippen molar-refractivity contribution in [1.82, 2.24) is 5.32 Å². The molecule has 1 aliphatic heterocycles. The van der Waals surface area contributed by atoms with Gasteiger partial charge in [-0.3, -0.25) is 14.9 Å². The van der Waals surface area contributed by atoms with Gasteiger partial charge in [-0.2, -0.15) is 0 Å². The highest BCUT2D eigenvalue weighted by Crippen LogP contribution is 2.23. The fourth-order valence-electron chi connectivity index (χ4n) is 2.17. The summed E-state index contributed by atoms with van der Waals surface area (Å²) in [6.07, 6.45) is 0.210. The maximum Gasteiger partial charge on any atom is 0.419 e. The van der Waals surface area contributed by atoms with Crippen molar-refractivity contribution in [1.29, 1.82) is 0 Å². The molecule has 0 bridgehead atoms. The Kier molecular flexibility index (Phi) is 2.98. The van der Waals surface area contributed by atoms with Crippen molar-refractivity contribution in [2.75, 3.05) is 5.73 Å². The van der Waals surface area contributed by atoms with Gasteiger partial charge in [0.05, 0.1) is 10.9 Å². The monoisotopic (exact) mass is 300 g/mol. The van der Waals surface area contributed by atoms with E-state index in [9.17, 15) is 14.4 Å². The lowest BCUT2D eigenvalue weighted by molar-refractivity contribution is -0.116. The van der Waals surface area contributed by atoms with Gasteiger partial charge < -0.3 is 14.9 Å². The summed E-state index contributed by atoms with van der Waals surface area (Å²) < 4.78 is 10.1. The Hall–Kier alpha value is -3.09. The number of alkyl carbamates (subject to hydrolysis) is 1. The van der Waals surface area contributed by atoms with Crippen LogP contribution in [0.25, 0.3) is 17.0 Å². The first kappa shape index (κ1) is 13.9. The van der Waals surface area contributed by atoms with Crippen LogP contribution in [-0.4, -0.2) is 12.0 Å². The molecule has 1 fully saturated rings. The Balaban J connectivity index is 2.25. The number of carbonyl (C=O) groups is 2. The van der Waals surface area contributed by atoms with Crippen LogP contribution in [0.1, 0.15) is 16.7 Å². The number of hydrogen-bond donors (Lipinski definition) is 2. The van der Waals surface area contributed by atoms with Gasteiger partial charge >= 0.3 is 6.09 Å². The number of anilines is 1. The molecule has 3 N–H and O–H groups in total. The van der Waals surface area contributed by atoms with Crippen LogP contribution in [-0.2, 0) is 9.53 Å². The Morgan fingerprint density at radius 2 is 1.82 bits per heavy atom. The lowest BCUT2D eigenvalue weighted by atomic mass is 10.0. The number of cyclic esters (lactones) is 1. The van der Waals surface area contributed by atoms with Gasteiger partial charge in [0.1, 0.15) is 5.58 Å². The Bertz CT molecular complexity index is 924. The van der Waals surface area contributed by atoms with E-state index in [0.717, 1.165) is 17.2 Å². The molecule has 22 heavy (non-hydrogen) atoms. The molecule has 0 atom stereocenters. The number of hydrogen-bond acceptors (Lipinski definition) is 6. The van der Waals surface area contributed by atoms with Crippen LogP contribution in [0.15, 0.2) is 27.1 Å². The maximum atomic E-state index is 12.5. The molecule has 7 heteroatoms. The summed E-state index contributed by atoms with van der Waals surface area (Å²) in [5.74, 6) is -1.18. The quantitative estimate of drug-likeness (QED) is 0.774. The highest BCUT2D eigenvalue weighted by Gasteiger charge is 2.27. The molecule has 3 rings (SSSR count). The van der Waals surface area contributed by atoms with Crippen LogP contribution in [0.3, 0.4) is 0 Å². The fraction of sp³-hybridized carbons (Fsp3) is 0.133. The first-order valence-electron chi connectivity index (χ1n) is 6.45. The zero-order valence-electron chi connectivity index (χ0n) is 11.9. The summed E-state index contributed by atoms with van der Waals surface area (Å²) in [5.41, 5.74) is 7.57. The number of amides is 2. The molecule has 0 aliphatic carbocycles. The van der Waals surface area contributed by atoms with Crippen LogP contribution in [0.2, 0.25) is 0 Å². The average Bonchev–Trinajstić information content (AvgIpc) is 2.75. The number of nitrogen functional groups attached to an aromatic ring is 1. The van der Waals surface area contributed by atoms with E-state index in [4.69, 9.17) is 10.2 Å². The van der Waals surface area contributed by atoms with E-state index in [1.807, 2.05) is 19.2 Å². The molecule has 0 radical (unpaired) electrons. The number of imide groups is 1. The van der Waals surface area contributed by atoms with Gasteiger partial charge in [-0.15, -0.1) is 0 Å². The second kappa shape index (κ2) is 4.73. The summed E-state index contributed by atoms with van der Waals surface area (Å²) in [6, 6.07) is 3.42. The van der Waals surface area contributed by atoms with Gasteiger partial charge in [-0.05, 0) is 37.1 Å². The molecule has 0 spiro atoms.